The minimum absolute atomic E-state index is 0.0611. The van der Waals surface area contributed by atoms with E-state index in [0.29, 0.717) is 22.7 Å². The van der Waals surface area contributed by atoms with E-state index in [4.69, 9.17) is 10.5 Å². The van der Waals surface area contributed by atoms with Crippen molar-refractivity contribution in [2.45, 2.75) is 84.4 Å². The number of pyridine rings is 1. The average molecular weight is 639 g/mol. The molecule has 0 aliphatic rings. The predicted molar refractivity (Wildman–Crippen MR) is 161 cm³/mol. The molecule has 0 aliphatic heterocycles. The first kappa shape index (κ1) is 34.9. The lowest BCUT2D eigenvalue weighted by atomic mass is 9.75. The Labute approximate surface area is 258 Å². The van der Waals surface area contributed by atoms with Crippen LogP contribution in [0.2, 0.25) is 0 Å². The Hall–Kier alpha value is -3.58. The van der Waals surface area contributed by atoms with Crippen LogP contribution in [0.15, 0.2) is 42.7 Å². The van der Waals surface area contributed by atoms with Gasteiger partial charge >= 0.3 is 18.2 Å². The van der Waals surface area contributed by atoms with Gasteiger partial charge in [0, 0.05) is 18.0 Å². The average Bonchev–Trinajstić information content (AvgIpc) is 3.34. The first-order chi connectivity index (χ1) is 20.6. The highest BCUT2D eigenvalue weighted by Crippen LogP contribution is 2.40. The number of aryl methyl sites for hydroxylation is 1. The number of aromatic nitrogens is 2. The Kier molecular flexibility index (Phi) is 11.5. The predicted octanol–water partition coefficient (Wildman–Crippen LogP) is 8.37. The number of carbonyl (C=O) groups is 2. The van der Waals surface area contributed by atoms with Crippen molar-refractivity contribution in [1.29, 1.82) is 0 Å². The van der Waals surface area contributed by atoms with E-state index in [-0.39, 0.29) is 34.1 Å². The number of carbonyl (C=O) groups excluding carboxylic acids is 1. The van der Waals surface area contributed by atoms with Crippen molar-refractivity contribution >= 4 is 34.2 Å². The van der Waals surface area contributed by atoms with Gasteiger partial charge in [0.05, 0.1) is 11.3 Å². The zero-order valence-corrected chi connectivity index (χ0v) is 26.0. The molecule has 0 spiro atoms. The third kappa shape index (κ3) is 8.32. The van der Waals surface area contributed by atoms with E-state index >= 15 is 4.39 Å². The number of hydrogen-bond acceptors (Lipinski definition) is 7. The molecule has 44 heavy (non-hydrogen) atoms. The number of rotatable bonds is 13. The number of anilines is 2. The first-order valence-corrected chi connectivity index (χ1v) is 15.2. The molecule has 0 saturated carbocycles. The molecular formula is C31H38F4N4O4S. The minimum Gasteiger partial charge on any atom is -0.480 e. The van der Waals surface area contributed by atoms with Crippen molar-refractivity contribution in [2.24, 2.45) is 11.1 Å². The van der Waals surface area contributed by atoms with Crippen LogP contribution in [0.3, 0.4) is 0 Å². The van der Waals surface area contributed by atoms with Crippen LogP contribution < -0.4 is 10.6 Å². The second-order valence-corrected chi connectivity index (χ2v) is 12.6. The highest BCUT2D eigenvalue weighted by molar-refractivity contribution is 7.14. The lowest BCUT2D eigenvalue weighted by Crippen LogP contribution is -2.61. The molecule has 0 aliphatic carbocycles. The van der Waals surface area contributed by atoms with E-state index in [9.17, 15) is 27.9 Å². The fourth-order valence-corrected chi connectivity index (χ4v) is 5.31. The van der Waals surface area contributed by atoms with Gasteiger partial charge in [-0.15, -0.1) is 0 Å². The monoisotopic (exact) mass is 638 g/mol. The van der Waals surface area contributed by atoms with Crippen molar-refractivity contribution in [3.63, 3.8) is 0 Å². The third-order valence-corrected chi connectivity index (χ3v) is 8.31. The van der Waals surface area contributed by atoms with Gasteiger partial charge in [-0.1, -0.05) is 77.2 Å². The number of halogens is 4. The second kappa shape index (κ2) is 14.5. The maximum absolute atomic E-state index is 15.1. The number of carboxylic acid groups (broad SMARTS) is 1. The maximum atomic E-state index is 15.1. The van der Waals surface area contributed by atoms with Crippen LogP contribution in [-0.2, 0) is 22.1 Å². The Bertz CT molecular complexity index is 1430. The lowest BCUT2D eigenvalue weighted by Gasteiger charge is -2.37. The summed E-state index contributed by atoms with van der Waals surface area (Å²) in [5.74, 6) is -1.44. The van der Waals surface area contributed by atoms with Crippen LogP contribution in [0.5, 0.6) is 0 Å². The van der Waals surface area contributed by atoms with Crippen LogP contribution in [0.25, 0.3) is 11.3 Å². The van der Waals surface area contributed by atoms with Crippen LogP contribution >= 0.6 is 11.3 Å². The Balaban J connectivity index is 2.04. The molecule has 1 aromatic carbocycles. The summed E-state index contributed by atoms with van der Waals surface area (Å²) in [5, 5.41) is 8.65. The molecule has 0 bridgehead atoms. The second-order valence-electron chi connectivity index (χ2n) is 11.6. The molecule has 13 heteroatoms. The number of nitrogens with zero attached hydrogens (tertiary/aromatic N) is 3. The van der Waals surface area contributed by atoms with E-state index in [1.165, 1.54) is 30.6 Å². The van der Waals surface area contributed by atoms with Crippen LogP contribution in [-0.4, -0.2) is 39.3 Å². The Morgan fingerprint density at radius 1 is 1.07 bits per heavy atom. The molecule has 1 amide bonds. The number of hydrogen-bond donors (Lipinski definition) is 2. The SMILES string of the molecule is CCCCCCCCc1ccc(N(C(=O)OCC(N)(C(=O)O)C(C)(C)C)c2nc(-c3cccnc3)c(F)s2)cc1C(F)(F)F. The molecule has 2 aromatic heterocycles. The van der Waals surface area contributed by atoms with Gasteiger partial charge in [-0.2, -0.15) is 17.6 Å². The van der Waals surface area contributed by atoms with Gasteiger partial charge in [0.1, 0.15) is 12.3 Å². The topological polar surface area (TPSA) is 119 Å². The van der Waals surface area contributed by atoms with Crippen molar-refractivity contribution in [3.05, 3.63) is 59.0 Å². The van der Waals surface area contributed by atoms with E-state index < -0.39 is 46.5 Å². The van der Waals surface area contributed by atoms with Gasteiger partial charge in [0.25, 0.3) is 0 Å². The molecule has 3 rings (SSSR count). The Morgan fingerprint density at radius 3 is 2.34 bits per heavy atom. The maximum Gasteiger partial charge on any atom is 0.420 e. The Morgan fingerprint density at radius 2 is 1.75 bits per heavy atom. The molecule has 0 fully saturated rings. The smallest absolute Gasteiger partial charge is 0.420 e. The number of aliphatic carboxylic acids is 1. The van der Waals surface area contributed by atoms with Crippen LogP contribution in [0, 0.1) is 10.5 Å². The van der Waals surface area contributed by atoms with Crippen LogP contribution in [0.4, 0.5) is 33.2 Å². The molecule has 0 radical (unpaired) electrons. The van der Waals surface area contributed by atoms with Crippen molar-refractivity contribution in [2.75, 3.05) is 11.5 Å². The van der Waals surface area contributed by atoms with Gasteiger partial charge in [0.2, 0.25) is 10.3 Å². The van der Waals surface area contributed by atoms with Gasteiger partial charge in [-0.25, -0.2) is 14.7 Å². The molecule has 3 aromatic rings. The number of alkyl halides is 3. The number of nitrogens with two attached hydrogens (primary N) is 1. The van der Waals surface area contributed by atoms with E-state index in [1.54, 1.807) is 26.8 Å². The lowest BCUT2D eigenvalue weighted by molar-refractivity contribution is -0.150. The summed E-state index contributed by atoms with van der Waals surface area (Å²) in [4.78, 5) is 34.4. The zero-order chi connectivity index (χ0) is 32.7. The highest BCUT2D eigenvalue weighted by Gasteiger charge is 2.47. The number of benzene rings is 1. The number of carboxylic acids is 1. The first-order valence-electron chi connectivity index (χ1n) is 14.4. The summed E-state index contributed by atoms with van der Waals surface area (Å²) in [5.41, 5.74) is 1.94. The van der Waals surface area contributed by atoms with Crippen molar-refractivity contribution < 1.29 is 37.0 Å². The molecule has 240 valence electrons. The molecule has 1 atom stereocenters. The molecule has 3 N–H and O–H groups in total. The number of amides is 1. The number of ether oxygens (including phenoxy) is 1. The summed E-state index contributed by atoms with van der Waals surface area (Å²) >= 11 is 0.417. The van der Waals surface area contributed by atoms with Gasteiger partial charge in [-0.3, -0.25) is 9.78 Å². The highest BCUT2D eigenvalue weighted by atomic mass is 32.1. The zero-order valence-electron chi connectivity index (χ0n) is 25.2. The minimum atomic E-state index is -4.75. The molecule has 1 unspecified atom stereocenters. The van der Waals surface area contributed by atoms with E-state index in [1.807, 2.05) is 0 Å². The third-order valence-electron chi connectivity index (χ3n) is 7.48. The fourth-order valence-electron chi connectivity index (χ4n) is 4.48. The van der Waals surface area contributed by atoms with Gasteiger partial charge in [-0.05, 0) is 48.1 Å². The largest absolute Gasteiger partial charge is 0.480 e. The fraction of sp³-hybridized carbons (Fsp3) is 0.484. The summed E-state index contributed by atoms with van der Waals surface area (Å²) < 4.78 is 63.3. The summed E-state index contributed by atoms with van der Waals surface area (Å²) in [6.07, 6.45) is 2.40. The standard InChI is InChI=1S/C31H38F4N4O4S/c1-5-6-7-8-9-10-12-20-14-15-22(17-23(20)31(33,34)35)39(28(42)43-19-30(36,26(40)41)29(2,3)4)27-38-24(25(32)44-27)21-13-11-16-37-18-21/h11,13-18H,5-10,12,19,36H2,1-4H3,(H,40,41). The summed E-state index contributed by atoms with van der Waals surface area (Å²) in [6.45, 7) is 5.90. The molecule has 0 saturated heterocycles. The van der Waals surface area contributed by atoms with E-state index in [2.05, 4.69) is 16.9 Å². The summed E-state index contributed by atoms with van der Waals surface area (Å²) in [7, 11) is 0. The van der Waals surface area contributed by atoms with Gasteiger partial charge in [0.15, 0.2) is 5.54 Å². The molecule has 8 nitrogen and oxygen atoms in total. The number of thiazole rings is 1. The normalized spacial score (nSPS) is 13.4. The molecule has 2 heterocycles. The molecular weight excluding hydrogens is 600 g/mol. The van der Waals surface area contributed by atoms with Crippen LogP contribution in [0.1, 0.15) is 77.3 Å². The number of unbranched alkanes of at least 4 members (excludes halogenated alkanes) is 5. The summed E-state index contributed by atoms with van der Waals surface area (Å²) in [6, 6.07) is 6.48. The van der Waals surface area contributed by atoms with Crippen molar-refractivity contribution in [3.8, 4) is 11.3 Å². The van der Waals surface area contributed by atoms with E-state index in [0.717, 1.165) is 38.2 Å². The quantitative estimate of drug-likeness (QED) is 0.143. The van der Waals surface area contributed by atoms with Gasteiger partial charge < -0.3 is 15.6 Å². The van der Waals surface area contributed by atoms with Crippen molar-refractivity contribution in [1.82, 2.24) is 9.97 Å².